The highest BCUT2D eigenvalue weighted by Crippen LogP contribution is 2.49. The van der Waals surface area contributed by atoms with Crippen molar-refractivity contribution >= 4 is 0 Å². The molecule has 1 atom stereocenters. The van der Waals surface area contributed by atoms with Crippen LogP contribution in [0.2, 0.25) is 0 Å². The van der Waals surface area contributed by atoms with Gasteiger partial charge in [-0.2, -0.15) is 0 Å². The summed E-state index contributed by atoms with van der Waals surface area (Å²) in [5.74, 6) is -4.10. The molecule has 0 radical (unpaired) electrons. The third-order valence-corrected chi connectivity index (χ3v) is 2.25. The van der Waals surface area contributed by atoms with Gasteiger partial charge in [-0.3, -0.25) is 0 Å². The van der Waals surface area contributed by atoms with Gasteiger partial charge >= 0.3 is 0 Å². The van der Waals surface area contributed by atoms with E-state index in [1.54, 1.807) is 0 Å². The van der Waals surface area contributed by atoms with E-state index in [4.69, 9.17) is 10.2 Å². The lowest BCUT2D eigenvalue weighted by Crippen LogP contribution is -2.07. The largest absolute Gasteiger partial charge is 0.365 e. The Morgan fingerprint density at radius 1 is 1.20 bits per heavy atom. The predicted octanol–water partition coefficient (Wildman–Crippen LogP) is 2.16. The van der Waals surface area contributed by atoms with Crippen molar-refractivity contribution in [2.24, 2.45) is 0 Å². The van der Waals surface area contributed by atoms with Gasteiger partial charge in [0.25, 0.3) is 0 Å². The number of rotatable bonds is 1. The van der Waals surface area contributed by atoms with Crippen molar-refractivity contribution in [3.05, 3.63) is 35.4 Å². The maximum atomic E-state index is 12.7. The Hall–Kier alpha value is -1.00. The van der Waals surface area contributed by atoms with E-state index in [1.165, 1.54) is 6.07 Å². The Balaban J connectivity index is 0.000000531. The van der Waals surface area contributed by atoms with E-state index >= 15 is 0 Å². The molecule has 0 aromatic heterocycles. The molecule has 1 aromatic rings. The van der Waals surface area contributed by atoms with Crippen molar-refractivity contribution in [1.29, 1.82) is 0 Å². The molecule has 15 heavy (non-hydrogen) atoms. The minimum atomic E-state index is -1.73. The Labute approximate surface area is 87.2 Å². The average molecular weight is 216 g/mol. The molecule has 2 rings (SSSR count). The zero-order valence-electron chi connectivity index (χ0n) is 8.67. The minimum absolute atomic E-state index is 0.179. The van der Waals surface area contributed by atoms with Crippen molar-refractivity contribution in [2.45, 2.75) is 32.0 Å². The van der Waals surface area contributed by atoms with E-state index in [-0.39, 0.29) is 6.42 Å². The fraction of sp³-hybridized carbons (Fsp3) is 0.455. The molecule has 1 fully saturated rings. The number of aliphatic hydroxyl groups is 2. The van der Waals surface area contributed by atoms with Gasteiger partial charge in [0.1, 0.15) is 0 Å². The molecule has 2 N–H and O–H groups in total. The molecule has 0 bridgehead atoms. The highest BCUT2D eigenvalue weighted by molar-refractivity contribution is 5.29. The summed E-state index contributed by atoms with van der Waals surface area (Å²) in [5, 5.41) is 18.1. The number of halogens is 2. The summed E-state index contributed by atoms with van der Waals surface area (Å²) in [4.78, 5) is 0. The number of hydrogen-bond donors (Lipinski definition) is 2. The zero-order chi connectivity index (χ0) is 11.6. The SMILES string of the molecule is CC.OC1(O)CC1c1ccc(F)c(F)c1. The van der Waals surface area contributed by atoms with Gasteiger partial charge in [-0.15, -0.1) is 0 Å². The van der Waals surface area contributed by atoms with Gasteiger partial charge in [0.2, 0.25) is 0 Å². The Morgan fingerprint density at radius 3 is 2.13 bits per heavy atom. The molecule has 0 spiro atoms. The summed E-state index contributed by atoms with van der Waals surface area (Å²) in [5.41, 5.74) is 0.420. The van der Waals surface area contributed by atoms with E-state index in [0.29, 0.717) is 5.56 Å². The molecule has 0 aliphatic heterocycles. The first-order valence-electron chi connectivity index (χ1n) is 4.90. The first-order valence-corrected chi connectivity index (χ1v) is 4.90. The molecule has 84 valence electrons. The van der Waals surface area contributed by atoms with Crippen LogP contribution in [0.25, 0.3) is 0 Å². The second-order valence-electron chi connectivity index (χ2n) is 3.31. The van der Waals surface area contributed by atoms with Crippen LogP contribution >= 0.6 is 0 Å². The fourth-order valence-electron chi connectivity index (χ4n) is 1.36. The highest BCUT2D eigenvalue weighted by Gasteiger charge is 2.52. The van der Waals surface area contributed by atoms with Crippen LogP contribution in [-0.2, 0) is 0 Å². The van der Waals surface area contributed by atoms with Gasteiger partial charge in [-0.05, 0) is 17.7 Å². The summed E-state index contributed by atoms with van der Waals surface area (Å²) in [6.07, 6.45) is 0.179. The normalized spacial score (nSPS) is 21.6. The second-order valence-corrected chi connectivity index (χ2v) is 3.31. The van der Waals surface area contributed by atoms with Gasteiger partial charge in [0.15, 0.2) is 17.4 Å². The molecule has 0 heterocycles. The summed E-state index contributed by atoms with van der Waals surface area (Å²) >= 11 is 0. The third-order valence-electron chi connectivity index (χ3n) is 2.25. The van der Waals surface area contributed by atoms with E-state index < -0.39 is 23.3 Å². The quantitative estimate of drug-likeness (QED) is 0.706. The lowest BCUT2D eigenvalue weighted by molar-refractivity contribution is -0.0734. The van der Waals surface area contributed by atoms with Crippen LogP contribution in [0.15, 0.2) is 18.2 Å². The maximum Gasteiger partial charge on any atom is 0.170 e. The van der Waals surface area contributed by atoms with Gasteiger partial charge < -0.3 is 10.2 Å². The molecule has 1 aliphatic rings. The van der Waals surface area contributed by atoms with E-state index in [9.17, 15) is 8.78 Å². The van der Waals surface area contributed by atoms with Gasteiger partial charge in [-0.25, -0.2) is 8.78 Å². The molecule has 0 saturated heterocycles. The van der Waals surface area contributed by atoms with Crippen LogP contribution in [0.1, 0.15) is 31.7 Å². The first kappa shape index (κ1) is 12.1. The van der Waals surface area contributed by atoms with Crippen molar-refractivity contribution in [3.63, 3.8) is 0 Å². The van der Waals surface area contributed by atoms with Crippen LogP contribution < -0.4 is 0 Å². The average Bonchev–Trinajstić information content (AvgIpc) is 2.83. The molecule has 0 amide bonds. The second kappa shape index (κ2) is 4.24. The maximum absolute atomic E-state index is 12.7. The minimum Gasteiger partial charge on any atom is -0.365 e. The van der Waals surface area contributed by atoms with E-state index in [0.717, 1.165) is 12.1 Å². The molecule has 1 saturated carbocycles. The summed E-state index contributed by atoms with van der Waals surface area (Å²) < 4.78 is 25.2. The van der Waals surface area contributed by atoms with Crippen molar-refractivity contribution in [2.75, 3.05) is 0 Å². The lowest BCUT2D eigenvalue weighted by Gasteiger charge is -2.02. The van der Waals surface area contributed by atoms with Crippen molar-refractivity contribution in [3.8, 4) is 0 Å². The van der Waals surface area contributed by atoms with Gasteiger partial charge in [0, 0.05) is 12.3 Å². The van der Waals surface area contributed by atoms with Gasteiger partial charge in [-0.1, -0.05) is 19.9 Å². The summed E-state index contributed by atoms with van der Waals surface area (Å²) in [6.45, 7) is 4.00. The molecule has 4 heteroatoms. The standard InChI is InChI=1S/C9H8F2O2.C2H6/c10-7-2-1-5(3-8(7)11)6-4-9(6,12)13;1-2/h1-3,6,12-13H,4H2;1-2H3. The lowest BCUT2D eigenvalue weighted by atomic mass is 10.1. The van der Waals surface area contributed by atoms with Gasteiger partial charge in [0.05, 0.1) is 0 Å². The van der Waals surface area contributed by atoms with Crippen LogP contribution in [0.3, 0.4) is 0 Å². The van der Waals surface area contributed by atoms with Crippen LogP contribution in [0, 0.1) is 11.6 Å². The first-order chi connectivity index (χ1) is 7.00. The zero-order valence-corrected chi connectivity index (χ0v) is 8.67. The monoisotopic (exact) mass is 216 g/mol. The molecule has 2 nitrogen and oxygen atoms in total. The third kappa shape index (κ3) is 2.52. The number of benzene rings is 1. The van der Waals surface area contributed by atoms with Crippen LogP contribution in [0.4, 0.5) is 8.78 Å². The van der Waals surface area contributed by atoms with E-state index in [1.807, 2.05) is 13.8 Å². The van der Waals surface area contributed by atoms with Crippen LogP contribution in [-0.4, -0.2) is 16.0 Å². The molecule has 1 aromatic carbocycles. The smallest absolute Gasteiger partial charge is 0.170 e. The predicted molar refractivity (Wildman–Crippen MR) is 52.2 cm³/mol. The summed E-state index contributed by atoms with van der Waals surface area (Å²) in [7, 11) is 0. The Kier molecular flexibility index (Phi) is 3.42. The molecular weight excluding hydrogens is 202 g/mol. The Morgan fingerprint density at radius 2 is 1.73 bits per heavy atom. The highest BCUT2D eigenvalue weighted by atomic mass is 19.2. The molecular formula is C11H14F2O2. The topological polar surface area (TPSA) is 40.5 Å². The van der Waals surface area contributed by atoms with Crippen molar-refractivity contribution < 1.29 is 19.0 Å². The Bertz CT molecular complexity index is 350. The fourth-order valence-corrected chi connectivity index (χ4v) is 1.36. The van der Waals surface area contributed by atoms with Crippen LogP contribution in [0.5, 0.6) is 0 Å². The number of hydrogen-bond acceptors (Lipinski definition) is 2. The summed E-state index contributed by atoms with van der Waals surface area (Å²) in [6, 6.07) is 3.34. The van der Waals surface area contributed by atoms with E-state index in [2.05, 4.69) is 0 Å². The van der Waals surface area contributed by atoms with Crippen molar-refractivity contribution in [1.82, 2.24) is 0 Å². The molecule has 1 aliphatic carbocycles. The molecule has 1 unspecified atom stereocenters.